The van der Waals surface area contributed by atoms with Crippen molar-refractivity contribution in [1.29, 1.82) is 0 Å². The van der Waals surface area contributed by atoms with Crippen LogP contribution in [0.3, 0.4) is 0 Å². The van der Waals surface area contributed by atoms with Crippen molar-refractivity contribution in [2.45, 2.75) is 11.3 Å². The minimum atomic E-state index is -3.52. The van der Waals surface area contributed by atoms with E-state index in [-0.39, 0.29) is 37.9 Å². The largest absolute Gasteiger partial charge is 0.505 e. The number of phenolic OH excluding ortho intramolecular Hbond substituents is 2. The molecule has 0 saturated heterocycles. The van der Waals surface area contributed by atoms with Crippen LogP contribution in [0.2, 0.25) is 0 Å². The van der Waals surface area contributed by atoms with E-state index in [0.717, 1.165) is 29.1 Å². The Kier molecular flexibility index (Phi) is 5.34. The fourth-order valence-electron chi connectivity index (χ4n) is 2.26. The van der Waals surface area contributed by atoms with Crippen molar-refractivity contribution in [2.75, 3.05) is 6.26 Å². The predicted molar refractivity (Wildman–Crippen MR) is 111 cm³/mol. The first-order valence-corrected chi connectivity index (χ1v) is 11.7. The molecule has 0 fully saturated rings. The maximum Gasteiger partial charge on any atom is 0.252 e. The van der Waals surface area contributed by atoms with Crippen molar-refractivity contribution in [1.82, 2.24) is 24.5 Å². The van der Waals surface area contributed by atoms with E-state index in [9.17, 15) is 18.6 Å². The van der Waals surface area contributed by atoms with Gasteiger partial charge in [-0.05, 0) is 18.5 Å². The Morgan fingerprint density at radius 3 is 2.42 bits per heavy atom. The lowest BCUT2D eigenvalue weighted by atomic mass is 10.1. The van der Waals surface area contributed by atoms with E-state index in [1.807, 2.05) is 0 Å². The summed E-state index contributed by atoms with van der Waals surface area (Å²) in [7, 11) is -3.52. The molecule has 0 amide bonds. The van der Waals surface area contributed by atoms with Crippen molar-refractivity contribution in [3.05, 3.63) is 24.2 Å². The molecule has 0 radical (unpaired) electrons. The Balaban J connectivity index is 1.68. The number of phenols is 2. The van der Waals surface area contributed by atoms with Crippen LogP contribution < -0.4 is 0 Å². The number of rotatable bonds is 5. The van der Waals surface area contributed by atoms with Crippen molar-refractivity contribution in [2.24, 2.45) is 20.5 Å². The Bertz CT molecular complexity index is 1460. The Morgan fingerprint density at radius 2 is 1.74 bits per heavy atom. The number of aromatic nitrogens is 5. The van der Waals surface area contributed by atoms with Gasteiger partial charge >= 0.3 is 0 Å². The summed E-state index contributed by atoms with van der Waals surface area (Å²) in [5, 5.41) is 43.9. The van der Waals surface area contributed by atoms with E-state index >= 15 is 0 Å². The first-order chi connectivity index (χ1) is 14.7. The van der Waals surface area contributed by atoms with Gasteiger partial charge in [0.05, 0.1) is 6.20 Å². The molecule has 0 unspecified atom stereocenters. The van der Waals surface area contributed by atoms with E-state index in [2.05, 4.69) is 45.0 Å². The number of nitrogens with zero attached hydrogens (tertiary/aromatic N) is 9. The zero-order valence-corrected chi connectivity index (χ0v) is 18.1. The molecule has 4 aromatic rings. The van der Waals surface area contributed by atoms with Crippen LogP contribution in [0.4, 0.5) is 21.5 Å². The highest BCUT2D eigenvalue weighted by Gasteiger charge is 2.17. The summed E-state index contributed by atoms with van der Waals surface area (Å²) >= 11 is 1.79. The van der Waals surface area contributed by atoms with Crippen LogP contribution >= 0.6 is 22.9 Å². The van der Waals surface area contributed by atoms with Crippen LogP contribution in [-0.4, -0.2) is 49.4 Å². The molecule has 3 aromatic heterocycles. The van der Waals surface area contributed by atoms with Gasteiger partial charge < -0.3 is 10.2 Å². The van der Waals surface area contributed by atoms with Gasteiger partial charge in [-0.15, -0.1) is 30.7 Å². The highest BCUT2D eigenvalue weighted by Crippen LogP contribution is 2.44. The summed E-state index contributed by atoms with van der Waals surface area (Å²) in [6.07, 6.45) is 3.90. The van der Waals surface area contributed by atoms with Gasteiger partial charge in [-0.25, -0.2) is 18.4 Å². The molecule has 0 spiro atoms. The molecule has 2 N–H and O–H groups in total. The van der Waals surface area contributed by atoms with E-state index in [1.54, 1.807) is 6.20 Å². The molecule has 0 aliphatic rings. The molecule has 0 aliphatic carbocycles. The molecular formula is C15H11N9O4S3. The Morgan fingerprint density at radius 1 is 1.03 bits per heavy atom. The van der Waals surface area contributed by atoms with Crippen LogP contribution in [0.15, 0.2) is 43.4 Å². The number of aromatic hydroxyl groups is 2. The highest BCUT2D eigenvalue weighted by molar-refractivity contribution is 7.92. The van der Waals surface area contributed by atoms with Gasteiger partial charge in [0, 0.05) is 17.9 Å². The molecule has 0 atom stereocenters. The number of fused-ring (bicyclic) bond motifs is 1. The quantitative estimate of drug-likeness (QED) is 0.402. The van der Waals surface area contributed by atoms with Crippen molar-refractivity contribution >= 4 is 65.2 Å². The van der Waals surface area contributed by atoms with E-state index < -0.39 is 9.84 Å². The van der Waals surface area contributed by atoms with Gasteiger partial charge in [-0.1, -0.05) is 11.3 Å². The Hall–Kier alpha value is -3.50. The fourth-order valence-corrected chi connectivity index (χ4v) is 4.32. The summed E-state index contributed by atoms with van der Waals surface area (Å²) in [5.41, 5.74) is 1.17. The predicted octanol–water partition coefficient (Wildman–Crippen LogP) is 3.89. The molecule has 31 heavy (non-hydrogen) atoms. The minimum absolute atomic E-state index is 0.0222. The molecule has 4 rings (SSSR count). The molecule has 0 bridgehead atoms. The maximum absolute atomic E-state index is 11.5. The summed E-state index contributed by atoms with van der Waals surface area (Å²) in [4.78, 5) is 7.98. The fraction of sp³-hybridized carbons (Fsp3) is 0.133. The second-order valence-electron chi connectivity index (χ2n) is 6.00. The molecule has 3 heterocycles. The SMILES string of the molecule is Cc1c(O)c(/N=N/c2nnc(S(C)(=O)=O)s2)cc(/N=N/c2snc3cncnc23)c1O. The van der Waals surface area contributed by atoms with Gasteiger partial charge in [0.2, 0.25) is 14.2 Å². The van der Waals surface area contributed by atoms with Gasteiger partial charge in [-0.3, -0.25) is 0 Å². The van der Waals surface area contributed by atoms with E-state index in [1.165, 1.54) is 19.3 Å². The molecule has 0 aliphatic heterocycles. The first-order valence-electron chi connectivity index (χ1n) is 8.22. The van der Waals surface area contributed by atoms with Crippen LogP contribution in [0.5, 0.6) is 11.5 Å². The second kappa shape index (κ2) is 7.97. The lowest BCUT2D eigenvalue weighted by Crippen LogP contribution is -1.95. The van der Waals surface area contributed by atoms with Crippen LogP contribution in [-0.2, 0) is 9.84 Å². The summed E-state index contributed by atoms with van der Waals surface area (Å²) < 4.78 is 26.9. The minimum Gasteiger partial charge on any atom is -0.505 e. The topological polar surface area (TPSA) is 188 Å². The van der Waals surface area contributed by atoms with Crippen LogP contribution in [0, 0.1) is 6.92 Å². The number of azo groups is 2. The zero-order valence-electron chi connectivity index (χ0n) is 15.7. The van der Waals surface area contributed by atoms with E-state index in [4.69, 9.17) is 0 Å². The Labute approximate surface area is 182 Å². The van der Waals surface area contributed by atoms with Gasteiger partial charge in [0.1, 0.15) is 40.2 Å². The number of benzene rings is 1. The summed E-state index contributed by atoms with van der Waals surface area (Å²) in [6, 6.07) is 1.27. The number of hydrogen-bond acceptors (Lipinski definition) is 15. The lowest BCUT2D eigenvalue weighted by Gasteiger charge is -2.06. The van der Waals surface area contributed by atoms with Gasteiger partial charge in [0.15, 0.2) is 5.00 Å². The maximum atomic E-state index is 11.5. The number of sulfone groups is 1. The molecule has 158 valence electrons. The third-order valence-corrected chi connectivity index (χ3v) is 7.01. The van der Waals surface area contributed by atoms with E-state index in [0.29, 0.717) is 16.0 Å². The smallest absolute Gasteiger partial charge is 0.252 e. The standard InChI is InChI=1S/C15H11N9O4S3/c1-6-11(25)7(18-20-13-10-9(24-30-13)4-16-5-17-10)3-8(12(6)26)19-21-14-22-23-15(29-14)31(2,27)28/h3-5,25-26H,1-2H3/b20-18+,21-19+. The number of hydrogen-bond donors (Lipinski definition) is 2. The monoisotopic (exact) mass is 477 g/mol. The zero-order chi connectivity index (χ0) is 22.2. The molecule has 16 heteroatoms. The average Bonchev–Trinajstić information content (AvgIpc) is 3.38. The summed E-state index contributed by atoms with van der Waals surface area (Å²) in [5.74, 6) is -0.622. The third-order valence-electron chi connectivity index (χ3n) is 3.80. The lowest BCUT2D eigenvalue weighted by molar-refractivity contribution is 0.445. The normalized spacial score (nSPS) is 12.5. The average molecular weight is 478 g/mol. The van der Waals surface area contributed by atoms with Crippen molar-refractivity contribution in [3.63, 3.8) is 0 Å². The second-order valence-corrected chi connectivity index (χ2v) is 9.90. The highest BCUT2D eigenvalue weighted by atomic mass is 32.2. The molecule has 1 aromatic carbocycles. The first kappa shape index (κ1) is 20.8. The van der Waals surface area contributed by atoms with Crippen molar-refractivity contribution < 1.29 is 18.6 Å². The molecular weight excluding hydrogens is 466 g/mol. The van der Waals surface area contributed by atoms with Crippen LogP contribution in [0.25, 0.3) is 11.0 Å². The van der Waals surface area contributed by atoms with Crippen molar-refractivity contribution in [3.8, 4) is 11.5 Å². The molecule has 0 saturated carbocycles. The third kappa shape index (κ3) is 4.21. The van der Waals surface area contributed by atoms with Gasteiger partial charge in [-0.2, -0.15) is 4.37 Å². The van der Waals surface area contributed by atoms with Gasteiger partial charge in [0.25, 0.3) is 5.13 Å². The molecule has 13 nitrogen and oxygen atoms in total. The van der Waals surface area contributed by atoms with Crippen LogP contribution in [0.1, 0.15) is 5.56 Å². The summed E-state index contributed by atoms with van der Waals surface area (Å²) in [6.45, 7) is 1.46.